The van der Waals surface area contributed by atoms with E-state index in [2.05, 4.69) is 5.09 Å². The fraction of sp³-hybridized carbons (Fsp3) is 0.500. The number of ether oxygens (including phenoxy) is 2. The number of carbonyl (C=O) groups excluding carboxylic acids is 1. The molecule has 0 aliphatic carbocycles. The van der Waals surface area contributed by atoms with Crippen molar-refractivity contribution in [1.82, 2.24) is 5.09 Å². The van der Waals surface area contributed by atoms with Crippen LogP contribution < -0.4 is 9.82 Å². The molecule has 20 heavy (non-hydrogen) atoms. The van der Waals surface area contributed by atoms with E-state index in [1.807, 2.05) is 18.2 Å². The lowest BCUT2D eigenvalue weighted by Crippen LogP contribution is -2.35. The monoisotopic (exact) mass is 299 g/mol. The molecule has 0 spiro atoms. The maximum atomic E-state index is 12.3. The standard InChI is InChI=1S/C14H22NO4P/c1-11(2)19-14(16)12(3)15-20(4,17)10-18-13-8-6-5-7-9-13/h5-9,11-12H,10H2,1-4H3,(H,15,17). The Morgan fingerprint density at radius 2 is 1.85 bits per heavy atom. The summed E-state index contributed by atoms with van der Waals surface area (Å²) in [6, 6.07) is 8.50. The fourth-order valence-electron chi connectivity index (χ4n) is 1.55. The molecule has 0 saturated carbocycles. The molecule has 0 aromatic heterocycles. The van der Waals surface area contributed by atoms with Crippen molar-refractivity contribution in [3.63, 3.8) is 0 Å². The molecule has 112 valence electrons. The molecular formula is C14H22NO4P. The van der Waals surface area contributed by atoms with Crippen LogP contribution in [0.1, 0.15) is 20.8 Å². The minimum atomic E-state index is -2.78. The van der Waals surface area contributed by atoms with Crippen LogP contribution in [-0.2, 0) is 14.1 Å². The molecule has 0 amide bonds. The fourth-order valence-corrected chi connectivity index (χ4v) is 2.94. The molecular weight excluding hydrogens is 277 g/mol. The Labute approximate surface area is 120 Å². The molecule has 1 N–H and O–H groups in total. The predicted molar refractivity (Wildman–Crippen MR) is 79.3 cm³/mol. The van der Waals surface area contributed by atoms with Crippen LogP contribution in [0.3, 0.4) is 0 Å². The van der Waals surface area contributed by atoms with Gasteiger partial charge in [-0.25, -0.2) is 0 Å². The van der Waals surface area contributed by atoms with Crippen molar-refractivity contribution in [2.24, 2.45) is 0 Å². The van der Waals surface area contributed by atoms with Gasteiger partial charge < -0.3 is 14.0 Å². The molecule has 2 unspecified atom stereocenters. The zero-order chi connectivity index (χ0) is 15.2. The number of para-hydroxylation sites is 1. The zero-order valence-corrected chi connectivity index (χ0v) is 13.2. The Balaban J connectivity index is 2.48. The van der Waals surface area contributed by atoms with E-state index in [1.54, 1.807) is 39.6 Å². The van der Waals surface area contributed by atoms with E-state index in [0.29, 0.717) is 5.75 Å². The van der Waals surface area contributed by atoms with Crippen LogP contribution >= 0.6 is 7.29 Å². The minimum Gasteiger partial charge on any atom is -0.485 e. The van der Waals surface area contributed by atoms with Crippen molar-refractivity contribution >= 4 is 13.3 Å². The molecule has 0 aliphatic rings. The highest BCUT2D eigenvalue weighted by Gasteiger charge is 2.24. The first kappa shape index (κ1) is 16.7. The van der Waals surface area contributed by atoms with E-state index in [-0.39, 0.29) is 12.5 Å². The zero-order valence-electron chi connectivity index (χ0n) is 12.3. The minimum absolute atomic E-state index is 0.0241. The third-order valence-electron chi connectivity index (χ3n) is 2.39. The van der Waals surface area contributed by atoms with Gasteiger partial charge in [-0.1, -0.05) is 18.2 Å². The molecule has 0 bridgehead atoms. The van der Waals surface area contributed by atoms with Gasteiger partial charge in [-0.15, -0.1) is 0 Å². The summed E-state index contributed by atoms with van der Waals surface area (Å²) in [6.07, 6.45) is -0.167. The third-order valence-corrected chi connectivity index (χ3v) is 3.95. The first-order valence-corrected chi connectivity index (χ1v) is 8.87. The van der Waals surface area contributed by atoms with Crippen LogP contribution in [0.5, 0.6) is 5.75 Å². The Hall–Kier alpha value is -1.32. The van der Waals surface area contributed by atoms with Gasteiger partial charge in [0.15, 0.2) is 13.6 Å². The van der Waals surface area contributed by atoms with Crippen molar-refractivity contribution in [2.75, 3.05) is 13.0 Å². The summed E-state index contributed by atoms with van der Waals surface area (Å²) >= 11 is 0. The van der Waals surface area contributed by atoms with Crippen LogP contribution in [-0.4, -0.2) is 31.1 Å². The number of rotatable bonds is 7. The number of nitrogens with one attached hydrogen (secondary N) is 1. The highest BCUT2D eigenvalue weighted by molar-refractivity contribution is 7.60. The van der Waals surface area contributed by atoms with Crippen molar-refractivity contribution in [2.45, 2.75) is 32.9 Å². The normalized spacial score (nSPS) is 15.4. The molecule has 1 aromatic carbocycles. The smallest absolute Gasteiger partial charge is 0.323 e. The number of esters is 1. The van der Waals surface area contributed by atoms with Gasteiger partial charge in [-0.2, -0.15) is 0 Å². The Morgan fingerprint density at radius 1 is 1.25 bits per heavy atom. The lowest BCUT2D eigenvalue weighted by atomic mass is 10.3. The van der Waals surface area contributed by atoms with Gasteiger partial charge in [0.1, 0.15) is 11.8 Å². The van der Waals surface area contributed by atoms with E-state index in [1.165, 1.54) is 0 Å². The summed E-state index contributed by atoms with van der Waals surface area (Å²) in [6.45, 7) is 6.72. The third kappa shape index (κ3) is 6.22. The number of benzene rings is 1. The second-order valence-corrected chi connectivity index (χ2v) is 7.74. The van der Waals surface area contributed by atoms with Crippen LogP contribution in [0.4, 0.5) is 0 Å². The van der Waals surface area contributed by atoms with E-state index in [4.69, 9.17) is 9.47 Å². The van der Waals surface area contributed by atoms with E-state index < -0.39 is 19.3 Å². The largest absolute Gasteiger partial charge is 0.485 e. The quantitative estimate of drug-likeness (QED) is 0.619. The molecule has 2 atom stereocenters. The van der Waals surface area contributed by atoms with Crippen LogP contribution in [0.2, 0.25) is 0 Å². The van der Waals surface area contributed by atoms with Crippen molar-refractivity contribution in [3.05, 3.63) is 30.3 Å². The van der Waals surface area contributed by atoms with E-state index in [9.17, 15) is 9.36 Å². The first-order valence-electron chi connectivity index (χ1n) is 6.53. The summed E-state index contributed by atoms with van der Waals surface area (Å²) in [5.41, 5.74) is 0. The summed E-state index contributed by atoms with van der Waals surface area (Å²) in [5.74, 6) is 0.232. The van der Waals surface area contributed by atoms with Crippen molar-refractivity contribution < 1.29 is 18.8 Å². The highest BCUT2D eigenvalue weighted by Crippen LogP contribution is 2.37. The molecule has 1 rings (SSSR count). The van der Waals surface area contributed by atoms with Crippen LogP contribution in [0, 0.1) is 0 Å². The molecule has 0 fully saturated rings. The van der Waals surface area contributed by atoms with Gasteiger partial charge in [-0.05, 0) is 32.9 Å². The van der Waals surface area contributed by atoms with Gasteiger partial charge in [0.25, 0.3) is 0 Å². The Morgan fingerprint density at radius 3 is 2.40 bits per heavy atom. The maximum absolute atomic E-state index is 12.3. The topological polar surface area (TPSA) is 64.6 Å². The van der Waals surface area contributed by atoms with Gasteiger partial charge in [0.05, 0.1) is 6.10 Å². The molecule has 0 aliphatic heterocycles. The van der Waals surface area contributed by atoms with Gasteiger partial charge in [0.2, 0.25) is 0 Å². The Kier molecular flexibility index (Phi) is 6.24. The number of hydrogen-bond acceptors (Lipinski definition) is 4. The lowest BCUT2D eigenvalue weighted by Gasteiger charge is -2.20. The van der Waals surface area contributed by atoms with E-state index >= 15 is 0 Å². The Bertz CT molecular complexity index is 475. The van der Waals surface area contributed by atoms with E-state index in [0.717, 1.165) is 0 Å². The molecule has 1 aromatic rings. The first-order chi connectivity index (χ1) is 9.30. The second kappa shape index (κ2) is 7.46. The summed E-state index contributed by atoms with van der Waals surface area (Å²) in [7, 11) is -2.78. The molecule has 0 radical (unpaired) electrons. The summed E-state index contributed by atoms with van der Waals surface area (Å²) in [5, 5.41) is 2.79. The maximum Gasteiger partial charge on any atom is 0.323 e. The molecule has 0 saturated heterocycles. The van der Waals surface area contributed by atoms with Crippen LogP contribution in [0.15, 0.2) is 30.3 Å². The van der Waals surface area contributed by atoms with Gasteiger partial charge in [-0.3, -0.25) is 9.88 Å². The number of hydrogen-bond donors (Lipinski definition) is 1. The second-order valence-electron chi connectivity index (χ2n) is 5.02. The number of carbonyl (C=O) groups is 1. The van der Waals surface area contributed by atoms with Crippen molar-refractivity contribution in [1.29, 1.82) is 0 Å². The molecule has 0 heterocycles. The van der Waals surface area contributed by atoms with Gasteiger partial charge in [0, 0.05) is 6.66 Å². The molecule has 5 nitrogen and oxygen atoms in total. The SMILES string of the molecule is CC(C)OC(=O)C(C)NP(C)(=O)COc1ccccc1. The van der Waals surface area contributed by atoms with Crippen molar-refractivity contribution in [3.8, 4) is 5.75 Å². The average molecular weight is 299 g/mol. The lowest BCUT2D eigenvalue weighted by molar-refractivity contribution is -0.148. The van der Waals surface area contributed by atoms with Crippen LogP contribution in [0.25, 0.3) is 0 Å². The van der Waals surface area contributed by atoms with Gasteiger partial charge >= 0.3 is 5.97 Å². The summed E-state index contributed by atoms with van der Waals surface area (Å²) < 4.78 is 22.9. The summed E-state index contributed by atoms with van der Waals surface area (Å²) in [4.78, 5) is 11.7. The average Bonchev–Trinajstić information content (AvgIpc) is 2.36. The molecule has 6 heteroatoms. The predicted octanol–water partition coefficient (Wildman–Crippen LogP) is 2.86. The highest BCUT2D eigenvalue weighted by atomic mass is 31.2.